The number of nitriles is 1. The zero-order chi connectivity index (χ0) is 14.0. The van der Waals surface area contributed by atoms with Crippen molar-refractivity contribution in [3.63, 3.8) is 0 Å². The number of carbonyl (C=O) groups excluding carboxylic acids is 1. The highest BCUT2D eigenvalue weighted by molar-refractivity contribution is 5.92. The lowest BCUT2D eigenvalue weighted by atomic mass is 10.0. The number of esters is 1. The van der Waals surface area contributed by atoms with E-state index in [2.05, 4.69) is 0 Å². The van der Waals surface area contributed by atoms with Gasteiger partial charge >= 0.3 is 5.97 Å². The van der Waals surface area contributed by atoms with Crippen molar-refractivity contribution in [2.45, 2.75) is 6.92 Å². The Bertz CT molecular complexity index is 731. The minimum atomic E-state index is -0.530. The zero-order valence-electron chi connectivity index (χ0n) is 9.91. The molecule has 0 amide bonds. The highest BCUT2D eigenvalue weighted by Crippen LogP contribution is 2.30. The zero-order valence-corrected chi connectivity index (χ0v) is 9.91. The summed E-state index contributed by atoms with van der Waals surface area (Å²) in [5.41, 5.74) is 0.124. The number of benzene rings is 2. The molecule has 19 heavy (non-hydrogen) atoms. The Morgan fingerprint density at radius 3 is 2.68 bits per heavy atom. The van der Waals surface area contributed by atoms with Crippen LogP contribution < -0.4 is 4.74 Å². The van der Waals surface area contributed by atoms with E-state index >= 15 is 0 Å². The largest absolute Gasteiger partial charge is 0.425 e. The molecule has 2 aromatic carbocycles. The van der Waals surface area contributed by atoms with Gasteiger partial charge in [0.2, 0.25) is 0 Å². The molecule has 0 bridgehead atoms. The molecule has 2 aromatic rings. The van der Waals surface area contributed by atoms with Crippen LogP contribution in [0, 0.1) is 21.4 Å². The molecule has 2 rings (SSSR count). The number of nitrogens with zero attached hydrogens (tertiary/aromatic N) is 2. The van der Waals surface area contributed by atoms with E-state index < -0.39 is 10.9 Å². The van der Waals surface area contributed by atoms with Crippen molar-refractivity contribution < 1.29 is 14.5 Å². The molecule has 94 valence electrons. The molecule has 0 spiro atoms. The van der Waals surface area contributed by atoms with Gasteiger partial charge in [-0.3, -0.25) is 14.9 Å². The highest BCUT2D eigenvalue weighted by Gasteiger charge is 2.13. The van der Waals surface area contributed by atoms with Crippen LogP contribution in [0.4, 0.5) is 5.69 Å². The monoisotopic (exact) mass is 256 g/mol. The smallest absolute Gasteiger partial charge is 0.308 e. The summed E-state index contributed by atoms with van der Waals surface area (Å²) in [7, 11) is 0. The molecule has 0 aliphatic rings. The predicted molar refractivity (Wildman–Crippen MR) is 66.6 cm³/mol. The van der Waals surface area contributed by atoms with Crippen LogP contribution >= 0.6 is 0 Å². The minimum Gasteiger partial charge on any atom is -0.425 e. The number of hydrogen-bond donors (Lipinski definition) is 0. The summed E-state index contributed by atoms with van der Waals surface area (Å²) in [6.07, 6.45) is 0. The second-order valence-electron chi connectivity index (χ2n) is 3.81. The second-order valence-corrected chi connectivity index (χ2v) is 3.81. The highest BCUT2D eigenvalue weighted by atomic mass is 16.6. The Kier molecular flexibility index (Phi) is 3.12. The summed E-state index contributed by atoms with van der Waals surface area (Å²) in [5.74, 6) is -0.380. The van der Waals surface area contributed by atoms with Crippen molar-refractivity contribution >= 4 is 22.4 Å². The number of nitro benzene ring substituents is 1. The first-order valence-electron chi connectivity index (χ1n) is 5.32. The van der Waals surface area contributed by atoms with Crippen LogP contribution in [0.15, 0.2) is 30.3 Å². The summed E-state index contributed by atoms with van der Waals surface area (Å²) in [6.45, 7) is 1.24. The van der Waals surface area contributed by atoms with Crippen molar-refractivity contribution in [3.8, 4) is 11.8 Å². The molecule has 0 aliphatic heterocycles. The molecule has 0 unspecified atom stereocenters. The first-order chi connectivity index (χ1) is 9.02. The van der Waals surface area contributed by atoms with Crippen molar-refractivity contribution in [1.29, 1.82) is 5.26 Å². The molecular formula is C13H8N2O4. The molecule has 0 aliphatic carbocycles. The fraction of sp³-hybridized carbons (Fsp3) is 0.0769. The van der Waals surface area contributed by atoms with Crippen LogP contribution in [-0.2, 0) is 4.79 Å². The fourth-order valence-electron chi connectivity index (χ4n) is 1.77. The van der Waals surface area contributed by atoms with E-state index in [-0.39, 0.29) is 17.0 Å². The molecule has 0 saturated heterocycles. The third-order valence-corrected chi connectivity index (χ3v) is 2.54. The molecule has 0 radical (unpaired) electrons. The SMILES string of the molecule is CC(=O)Oc1ccc2cc([N+](=O)[O-])ccc2c1C#N. The average Bonchev–Trinajstić information content (AvgIpc) is 2.37. The molecule has 0 atom stereocenters. The molecule has 0 heterocycles. The van der Waals surface area contributed by atoms with Gasteiger partial charge in [-0.2, -0.15) is 5.26 Å². The number of non-ortho nitro benzene ring substituents is 1. The summed E-state index contributed by atoms with van der Waals surface area (Å²) in [6, 6.07) is 9.11. The minimum absolute atomic E-state index is 0.0587. The van der Waals surface area contributed by atoms with E-state index in [1.807, 2.05) is 6.07 Å². The summed E-state index contributed by atoms with van der Waals surface area (Å²) in [5, 5.41) is 20.9. The molecule has 0 aromatic heterocycles. The molecule has 6 nitrogen and oxygen atoms in total. The topological polar surface area (TPSA) is 93.2 Å². The average molecular weight is 256 g/mol. The van der Waals surface area contributed by atoms with Gasteiger partial charge in [0.25, 0.3) is 5.69 Å². The van der Waals surface area contributed by atoms with E-state index in [0.717, 1.165) is 0 Å². The Hall–Kier alpha value is -2.94. The van der Waals surface area contributed by atoms with Crippen molar-refractivity contribution in [2.24, 2.45) is 0 Å². The normalized spacial score (nSPS) is 9.89. The van der Waals surface area contributed by atoms with E-state index in [1.165, 1.54) is 31.2 Å². The van der Waals surface area contributed by atoms with Crippen LogP contribution in [0.3, 0.4) is 0 Å². The van der Waals surface area contributed by atoms with Crippen LogP contribution in [0.2, 0.25) is 0 Å². The standard InChI is InChI=1S/C13H8N2O4/c1-8(16)19-13-5-2-9-6-10(15(17)18)3-4-11(9)12(13)7-14/h2-6H,1H3. The maximum atomic E-state index is 10.9. The lowest BCUT2D eigenvalue weighted by Crippen LogP contribution is -2.03. The number of carbonyl (C=O) groups is 1. The van der Waals surface area contributed by atoms with Crippen molar-refractivity contribution in [3.05, 3.63) is 46.0 Å². The molecule has 0 N–H and O–H groups in total. The number of nitro groups is 1. The van der Waals surface area contributed by atoms with Gasteiger partial charge in [-0.1, -0.05) is 6.07 Å². The molecule has 6 heteroatoms. The van der Waals surface area contributed by atoms with Gasteiger partial charge in [-0.25, -0.2) is 0 Å². The maximum absolute atomic E-state index is 10.9. The number of ether oxygens (including phenoxy) is 1. The van der Waals surface area contributed by atoms with Gasteiger partial charge in [-0.15, -0.1) is 0 Å². The van der Waals surface area contributed by atoms with Crippen LogP contribution in [0.5, 0.6) is 5.75 Å². The van der Waals surface area contributed by atoms with Gasteiger partial charge in [0.05, 0.1) is 4.92 Å². The fourth-order valence-corrected chi connectivity index (χ4v) is 1.77. The van der Waals surface area contributed by atoms with E-state index in [4.69, 9.17) is 10.00 Å². The molecule has 0 fully saturated rings. The lowest BCUT2D eigenvalue weighted by molar-refractivity contribution is -0.384. The van der Waals surface area contributed by atoms with Gasteiger partial charge in [0, 0.05) is 24.4 Å². The Morgan fingerprint density at radius 2 is 2.11 bits per heavy atom. The third-order valence-electron chi connectivity index (χ3n) is 2.54. The lowest BCUT2D eigenvalue weighted by Gasteiger charge is -2.06. The molecule has 0 saturated carbocycles. The summed E-state index contributed by atoms with van der Waals surface area (Å²) >= 11 is 0. The quantitative estimate of drug-likeness (QED) is 0.356. The third kappa shape index (κ3) is 2.35. The van der Waals surface area contributed by atoms with Gasteiger partial charge in [-0.05, 0) is 17.5 Å². The van der Waals surface area contributed by atoms with E-state index in [0.29, 0.717) is 10.8 Å². The predicted octanol–water partition coefficient (Wildman–Crippen LogP) is 2.54. The second kappa shape index (κ2) is 4.74. The Balaban J connectivity index is 2.67. The van der Waals surface area contributed by atoms with Gasteiger partial charge < -0.3 is 4.74 Å². The first kappa shape index (κ1) is 12.5. The van der Waals surface area contributed by atoms with Crippen LogP contribution in [0.1, 0.15) is 12.5 Å². The van der Waals surface area contributed by atoms with Crippen LogP contribution in [-0.4, -0.2) is 10.9 Å². The van der Waals surface area contributed by atoms with Crippen LogP contribution in [0.25, 0.3) is 10.8 Å². The Morgan fingerprint density at radius 1 is 1.37 bits per heavy atom. The maximum Gasteiger partial charge on any atom is 0.308 e. The van der Waals surface area contributed by atoms with Crippen molar-refractivity contribution in [1.82, 2.24) is 0 Å². The van der Waals surface area contributed by atoms with E-state index in [1.54, 1.807) is 6.07 Å². The first-order valence-corrected chi connectivity index (χ1v) is 5.32. The number of rotatable bonds is 2. The van der Waals surface area contributed by atoms with Gasteiger partial charge in [0.1, 0.15) is 17.4 Å². The Labute approximate surface area is 108 Å². The number of fused-ring (bicyclic) bond motifs is 1. The molecular weight excluding hydrogens is 248 g/mol. The number of hydrogen-bond acceptors (Lipinski definition) is 5. The van der Waals surface area contributed by atoms with Gasteiger partial charge in [0.15, 0.2) is 0 Å². The van der Waals surface area contributed by atoms with E-state index in [9.17, 15) is 14.9 Å². The summed E-state index contributed by atoms with van der Waals surface area (Å²) < 4.78 is 4.93. The van der Waals surface area contributed by atoms with Crippen molar-refractivity contribution in [2.75, 3.05) is 0 Å². The summed E-state index contributed by atoms with van der Waals surface area (Å²) in [4.78, 5) is 21.1.